The van der Waals surface area contributed by atoms with Crippen molar-refractivity contribution in [2.24, 2.45) is 0 Å². The lowest BCUT2D eigenvalue weighted by molar-refractivity contribution is -0.144. The second kappa shape index (κ2) is 7.09. The maximum atomic E-state index is 13.5. The van der Waals surface area contributed by atoms with Crippen LogP contribution in [0.25, 0.3) is 0 Å². The molecule has 2 aromatic carbocycles. The number of carbonyl (C=O) groups is 1. The molecule has 110 valence electrons. The molecule has 0 aliphatic rings. The summed E-state index contributed by atoms with van der Waals surface area (Å²) in [6.45, 7) is -0.161. The zero-order chi connectivity index (χ0) is 15.2. The van der Waals surface area contributed by atoms with E-state index in [1.165, 1.54) is 12.1 Å². The minimum atomic E-state index is -0.478. The predicted molar refractivity (Wildman–Crippen MR) is 80.4 cm³/mol. The highest BCUT2D eigenvalue weighted by atomic mass is 35.5. The maximum Gasteiger partial charge on any atom is 0.306 e. The van der Waals surface area contributed by atoms with E-state index in [1.807, 2.05) is 12.1 Å². The van der Waals surface area contributed by atoms with E-state index in [-0.39, 0.29) is 23.6 Å². The Balaban J connectivity index is 1.84. The molecule has 0 saturated heterocycles. The summed E-state index contributed by atoms with van der Waals surface area (Å²) < 4.78 is 18.5. The molecule has 0 bridgehead atoms. The molecule has 0 amide bonds. The molecule has 0 spiro atoms. The topological polar surface area (TPSA) is 52.3 Å². The lowest BCUT2D eigenvalue weighted by Crippen LogP contribution is -2.07. The Morgan fingerprint density at radius 2 is 1.90 bits per heavy atom. The average molecular weight is 308 g/mol. The highest BCUT2D eigenvalue weighted by Gasteiger charge is 2.10. The van der Waals surface area contributed by atoms with Gasteiger partial charge in [0.2, 0.25) is 0 Å². The van der Waals surface area contributed by atoms with E-state index >= 15 is 0 Å². The number of halogens is 2. The van der Waals surface area contributed by atoms with Gasteiger partial charge >= 0.3 is 5.97 Å². The van der Waals surface area contributed by atoms with Gasteiger partial charge in [0.1, 0.15) is 12.4 Å². The van der Waals surface area contributed by atoms with Crippen LogP contribution in [-0.2, 0) is 22.6 Å². The van der Waals surface area contributed by atoms with Gasteiger partial charge in [-0.25, -0.2) is 4.39 Å². The first-order valence-corrected chi connectivity index (χ1v) is 6.87. The largest absolute Gasteiger partial charge is 0.461 e. The molecule has 0 aliphatic carbocycles. The van der Waals surface area contributed by atoms with Crippen LogP contribution < -0.4 is 5.73 Å². The maximum absolute atomic E-state index is 13.5. The van der Waals surface area contributed by atoms with Crippen molar-refractivity contribution in [1.82, 2.24) is 0 Å². The van der Waals surface area contributed by atoms with Gasteiger partial charge in [0.25, 0.3) is 0 Å². The Kier molecular flexibility index (Phi) is 5.17. The second-order valence-corrected chi connectivity index (χ2v) is 5.01. The van der Waals surface area contributed by atoms with Crippen LogP contribution in [-0.4, -0.2) is 5.97 Å². The third kappa shape index (κ3) is 4.46. The van der Waals surface area contributed by atoms with E-state index in [2.05, 4.69) is 0 Å². The fraction of sp³-hybridized carbons (Fsp3) is 0.188. The molecule has 0 atom stereocenters. The molecule has 3 nitrogen and oxygen atoms in total. The van der Waals surface area contributed by atoms with E-state index in [1.54, 1.807) is 18.2 Å². The van der Waals surface area contributed by atoms with Gasteiger partial charge in [-0.1, -0.05) is 29.8 Å². The molecule has 0 aromatic heterocycles. The zero-order valence-corrected chi connectivity index (χ0v) is 12.1. The lowest BCUT2D eigenvalue weighted by Gasteiger charge is -2.07. The third-order valence-corrected chi connectivity index (χ3v) is 3.39. The normalized spacial score (nSPS) is 10.4. The summed E-state index contributed by atoms with van der Waals surface area (Å²) in [6, 6.07) is 11.6. The van der Waals surface area contributed by atoms with Crippen LogP contribution in [0.3, 0.4) is 0 Å². The van der Waals surface area contributed by atoms with Crippen LogP contribution in [0, 0.1) is 5.82 Å². The molecule has 0 unspecified atom stereocenters. The van der Waals surface area contributed by atoms with E-state index in [0.717, 1.165) is 5.56 Å². The first-order chi connectivity index (χ1) is 10.1. The van der Waals surface area contributed by atoms with Crippen molar-refractivity contribution in [1.29, 1.82) is 0 Å². The molecule has 0 heterocycles. The quantitative estimate of drug-likeness (QED) is 0.676. The summed E-state index contributed by atoms with van der Waals surface area (Å²) >= 11 is 5.86. The summed E-state index contributed by atoms with van der Waals surface area (Å²) in [6.07, 6.45) is 0.764. The lowest BCUT2D eigenvalue weighted by atomic mass is 10.1. The molecule has 5 heteroatoms. The molecule has 21 heavy (non-hydrogen) atoms. The molecule has 0 aliphatic heterocycles. The Morgan fingerprint density at radius 1 is 1.19 bits per heavy atom. The number of rotatable bonds is 5. The van der Waals surface area contributed by atoms with Crippen LogP contribution >= 0.6 is 11.6 Å². The second-order valence-electron chi connectivity index (χ2n) is 4.60. The van der Waals surface area contributed by atoms with Gasteiger partial charge in [-0.3, -0.25) is 4.79 Å². The fourth-order valence-electron chi connectivity index (χ4n) is 1.83. The number of ether oxygens (including phenoxy) is 1. The van der Waals surface area contributed by atoms with Crippen molar-refractivity contribution in [3.8, 4) is 0 Å². The van der Waals surface area contributed by atoms with Gasteiger partial charge in [0.05, 0.1) is 5.02 Å². The number of hydrogen-bond acceptors (Lipinski definition) is 3. The molecule has 2 aromatic rings. The van der Waals surface area contributed by atoms with Gasteiger partial charge in [-0.05, 0) is 36.2 Å². The third-order valence-electron chi connectivity index (χ3n) is 3.04. The minimum absolute atomic E-state index is 0.161. The Morgan fingerprint density at radius 3 is 2.57 bits per heavy atom. The summed E-state index contributed by atoms with van der Waals surface area (Å²) in [5.41, 5.74) is 7.45. The van der Waals surface area contributed by atoms with Crippen LogP contribution in [0.1, 0.15) is 17.5 Å². The molecular weight excluding hydrogens is 293 g/mol. The van der Waals surface area contributed by atoms with Crippen LogP contribution in [0.4, 0.5) is 10.1 Å². The number of nitrogen functional groups attached to an aromatic ring is 1. The number of carbonyl (C=O) groups excluding carboxylic acids is 1. The minimum Gasteiger partial charge on any atom is -0.461 e. The van der Waals surface area contributed by atoms with E-state index in [9.17, 15) is 9.18 Å². The summed E-state index contributed by atoms with van der Waals surface area (Å²) in [5, 5.41) is 0.251. The summed E-state index contributed by atoms with van der Waals surface area (Å²) in [7, 11) is 0. The van der Waals surface area contributed by atoms with E-state index in [4.69, 9.17) is 22.1 Å². The number of hydrogen-bond donors (Lipinski definition) is 1. The molecule has 2 N–H and O–H groups in total. The molecule has 0 fully saturated rings. The summed E-state index contributed by atoms with van der Waals surface area (Å²) in [4.78, 5) is 11.7. The number of anilines is 1. The van der Waals surface area contributed by atoms with Crippen molar-refractivity contribution >= 4 is 23.3 Å². The molecular formula is C16H15ClFNO2. The van der Waals surface area contributed by atoms with Crippen LogP contribution in [0.2, 0.25) is 5.02 Å². The van der Waals surface area contributed by atoms with E-state index in [0.29, 0.717) is 12.1 Å². The number of esters is 1. The van der Waals surface area contributed by atoms with Crippen LogP contribution in [0.15, 0.2) is 42.5 Å². The monoisotopic (exact) mass is 307 g/mol. The van der Waals surface area contributed by atoms with Gasteiger partial charge in [0.15, 0.2) is 0 Å². The van der Waals surface area contributed by atoms with Crippen LogP contribution in [0.5, 0.6) is 0 Å². The Labute approximate surface area is 127 Å². The highest BCUT2D eigenvalue weighted by molar-refractivity contribution is 6.31. The standard InChI is InChI=1S/C16H15ClFNO2/c17-14-2-1-3-15(18)13(14)10-21-16(20)9-6-11-4-7-12(19)8-5-11/h1-5,7-8H,6,9-10,19H2. The molecule has 2 rings (SSSR count). The molecule has 0 radical (unpaired) electrons. The van der Waals surface area contributed by atoms with Crippen molar-refractivity contribution in [2.75, 3.05) is 5.73 Å². The average Bonchev–Trinajstić information content (AvgIpc) is 2.46. The SMILES string of the molecule is Nc1ccc(CCC(=O)OCc2c(F)cccc2Cl)cc1. The van der Waals surface area contributed by atoms with Gasteiger partial charge in [-0.2, -0.15) is 0 Å². The van der Waals surface area contributed by atoms with Gasteiger partial charge < -0.3 is 10.5 Å². The molecule has 0 saturated carbocycles. The van der Waals surface area contributed by atoms with E-state index < -0.39 is 11.8 Å². The smallest absolute Gasteiger partial charge is 0.306 e. The Hall–Kier alpha value is -2.07. The van der Waals surface area contributed by atoms with Crippen molar-refractivity contribution in [3.05, 3.63) is 64.4 Å². The van der Waals surface area contributed by atoms with Crippen molar-refractivity contribution in [2.45, 2.75) is 19.4 Å². The van der Waals surface area contributed by atoms with Crippen molar-refractivity contribution < 1.29 is 13.9 Å². The highest BCUT2D eigenvalue weighted by Crippen LogP contribution is 2.20. The number of benzene rings is 2. The summed E-state index contributed by atoms with van der Waals surface area (Å²) in [5.74, 6) is -0.875. The fourth-order valence-corrected chi connectivity index (χ4v) is 2.04. The van der Waals surface area contributed by atoms with Crippen molar-refractivity contribution in [3.63, 3.8) is 0 Å². The van der Waals surface area contributed by atoms with Gasteiger partial charge in [0, 0.05) is 17.7 Å². The Bertz CT molecular complexity index is 608. The zero-order valence-electron chi connectivity index (χ0n) is 11.3. The predicted octanol–water partition coefficient (Wildman–Crippen LogP) is 3.74. The first kappa shape index (κ1) is 15.3. The first-order valence-electron chi connectivity index (χ1n) is 6.49. The number of nitrogens with two attached hydrogens (primary N) is 1. The number of aryl methyl sites for hydroxylation is 1. The van der Waals surface area contributed by atoms with Gasteiger partial charge in [-0.15, -0.1) is 0 Å².